The summed E-state index contributed by atoms with van der Waals surface area (Å²) in [6.45, 7) is 2.68. The largest absolute Gasteiger partial charge is 0.457 e. The van der Waals surface area contributed by atoms with Crippen molar-refractivity contribution in [3.63, 3.8) is 0 Å². The van der Waals surface area contributed by atoms with E-state index in [0.717, 1.165) is 41.2 Å². The van der Waals surface area contributed by atoms with E-state index >= 15 is 0 Å². The Kier molecular flexibility index (Phi) is 10.8. The fraction of sp³-hybridized carbons (Fsp3) is 0.273. The predicted octanol–water partition coefficient (Wildman–Crippen LogP) is 7.59. The highest BCUT2D eigenvalue weighted by Crippen LogP contribution is 2.40. The van der Waals surface area contributed by atoms with E-state index in [9.17, 15) is 14.7 Å². The van der Waals surface area contributed by atoms with Gasteiger partial charge >= 0.3 is 6.03 Å². The van der Waals surface area contributed by atoms with Crippen LogP contribution in [0.3, 0.4) is 0 Å². The molecule has 3 heterocycles. The molecule has 5 aromatic rings. The molecule has 8 rings (SSSR count). The molecule has 11 heteroatoms. The Morgan fingerprint density at radius 3 is 2.20 bits per heavy atom. The average molecular weight is 740 g/mol. The van der Waals surface area contributed by atoms with Crippen LogP contribution < -0.4 is 25.6 Å². The summed E-state index contributed by atoms with van der Waals surface area (Å²) in [5, 5.41) is 18.6. The summed E-state index contributed by atoms with van der Waals surface area (Å²) in [5.74, 6) is 1.50. The van der Waals surface area contributed by atoms with Gasteiger partial charge in [-0.25, -0.2) is 4.79 Å². The van der Waals surface area contributed by atoms with Crippen molar-refractivity contribution in [1.29, 1.82) is 0 Å². The standard InChI is InChI=1S/C44H45N5O6/c50-29-31-14-16-32(17-15-31)40-27-39(28-48-24-22-44(23-25-48)42(51)45-30-49(44)36-10-3-1-4-11-36)54-41(55-40)33-8-7-9-35(26-33)47-43(52)46-34-18-20-38(21-19-34)53-37-12-5-2-6-13-37/h1-21,26,39-41,50H,22-25,27-30H2,(H,45,51)(H2,46,47,52). The molecular weight excluding hydrogens is 695 g/mol. The highest BCUT2D eigenvalue weighted by Gasteiger charge is 2.50. The molecule has 11 nitrogen and oxygen atoms in total. The van der Waals surface area contributed by atoms with Crippen LogP contribution in [0.2, 0.25) is 0 Å². The Morgan fingerprint density at radius 1 is 0.782 bits per heavy atom. The first kappa shape index (κ1) is 36.3. The predicted molar refractivity (Wildman–Crippen MR) is 211 cm³/mol. The fourth-order valence-corrected chi connectivity index (χ4v) is 7.75. The molecule has 3 aliphatic heterocycles. The van der Waals surface area contributed by atoms with E-state index in [1.165, 1.54) is 0 Å². The van der Waals surface area contributed by atoms with Crippen molar-refractivity contribution in [2.24, 2.45) is 0 Å². The van der Waals surface area contributed by atoms with Crippen molar-refractivity contribution in [2.45, 2.75) is 49.9 Å². The lowest BCUT2D eigenvalue weighted by molar-refractivity contribution is -0.253. The van der Waals surface area contributed by atoms with Gasteiger partial charge in [-0.1, -0.05) is 72.8 Å². The lowest BCUT2D eigenvalue weighted by Gasteiger charge is -2.45. The minimum Gasteiger partial charge on any atom is -0.457 e. The van der Waals surface area contributed by atoms with E-state index in [1.54, 1.807) is 24.3 Å². The van der Waals surface area contributed by atoms with Crippen molar-refractivity contribution in [3.05, 3.63) is 150 Å². The topological polar surface area (TPSA) is 125 Å². The molecule has 0 bridgehead atoms. The number of nitrogens with zero attached hydrogens (tertiary/aromatic N) is 2. The summed E-state index contributed by atoms with van der Waals surface area (Å²) in [7, 11) is 0. The summed E-state index contributed by atoms with van der Waals surface area (Å²) in [6.07, 6.45) is 0.973. The average Bonchev–Trinajstić information content (AvgIpc) is 3.54. The third-order valence-corrected chi connectivity index (χ3v) is 10.7. The highest BCUT2D eigenvalue weighted by molar-refractivity contribution is 5.99. The number of carbonyl (C=O) groups is 2. The van der Waals surface area contributed by atoms with Gasteiger partial charge in [0.2, 0.25) is 5.91 Å². The number of piperidine rings is 1. The first-order chi connectivity index (χ1) is 26.9. The first-order valence-electron chi connectivity index (χ1n) is 18.8. The number of ether oxygens (including phenoxy) is 3. The maximum atomic E-state index is 13.3. The first-order valence-corrected chi connectivity index (χ1v) is 18.8. The molecule has 0 saturated carbocycles. The number of aliphatic hydroxyl groups excluding tert-OH is 1. The Morgan fingerprint density at radius 2 is 1.47 bits per heavy atom. The molecule has 0 aliphatic carbocycles. The molecule has 0 aromatic heterocycles. The van der Waals surface area contributed by atoms with Gasteiger partial charge in [0.1, 0.15) is 17.0 Å². The summed E-state index contributed by atoms with van der Waals surface area (Å²) in [5.41, 5.74) is 4.32. The fourth-order valence-electron chi connectivity index (χ4n) is 7.75. The number of likely N-dealkylation sites (tertiary alicyclic amines) is 1. The van der Waals surface area contributed by atoms with Crippen molar-refractivity contribution in [1.82, 2.24) is 10.2 Å². The quantitative estimate of drug-likeness (QED) is 0.116. The number of aliphatic hydroxyl groups is 1. The summed E-state index contributed by atoms with van der Waals surface area (Å²) < 4.78 is 19.1. The van der Waals surface area contributed by atoms with Gasteiger partial charge in [-0.15, -0.1) is 0 Å². The van der Waals surface area contributed by atoms with E-state index in [1.807, 2.05) is 97.1 Å². The number of urea groups is 1. The zero-order valence-electron chi connectivity index (χ0n) is 30.5. The van der Waals surface area contributed by atoms with Crippen LogP contribution in [0.15, 0.2) is 133 Å². The Bertz CT molecular complexity index is 2060. The van der Waals surface area contributed by atoms with E-state index in [2.05, 4.69) is 37.9 Å². The SMILES string of the molecule is O=C(Nc1ccc(Oc2ccccc2)cc1)Nc1cccc(C2OC(CN3CCC4(CC3)C(=O)NCN4c3ccccc3)CC(c3ccc(CO)cc3)O2)c1. The zero-order chi connectivity index (χ0) is 37.6. The number of nitrogens with one attached hydrogen (secondary N) is 3. The monoisotopic (exact) mass is 739 g/mol. The molecule has 55 heavy (non-hydrogen) atoms. The van der Waals surface area contributed by atoms with Crippen molar-refractivity contribution >= 4 is 29.0 Å². The Hall–Kier alpha value is -5.72. The number of carbonyl (C=O) groups excluding carboxylic acids is 2. The zero-order valence-corrected chi connectivity index (χ0v) is 30.5. The molecule has 4 N–H and O–H groups in total. The molecule has 3 fully saturated rings. The minimum atomic E-state index is -0.687. The van der Waals surface area contributed by atoms with Crippen LogP contribution in [0.1, 0.15) is 48.3 Å². The van der Waals surface area contributed by atoms with E-state index < -0.39 is 11.8 Å². The lowest BCUT2D eigenvalue weighted by Crippen LogP contribution is -2.57. The number of hydrogen-bond acceptors (Lipinski definition) is 8. The normalized spacial score (nSPS) is 20.9. The molecule has 3 atom stereocenters. The number of benzene rings is 5. The number of amides is 3. The van der Waals surface area contributed by atoms with Gasteiger partial charge in [0.15, 0.2) is 6.29 Å². The van der Waals surface area contributed by atoms with Gasteiger partial charge < -0.3 is 45.1 Å². The second-order valence-corrected chi connectivity index (χ2v) is 14.3. The van der Waals surface area contributed by atoms with Crippen molar-refractivity contribution in [3.8, 4) is 11.5 Å². The van der Waals surface area contributed by atoms with Crippen LogP contribution in [0, 0.1) is 0 Å². The number of anilines is 3. The smallest absolute Gasteiger partial charge is 0.323 e. The third kappa shape index (κ3) is 8.35. The van der Waals surface area contributed by atoms with Crippen LogP contribution in [-0.2, 0) is 20.9 Å². The third-order valence-electron chi connectivity index (χ3n) is 10.7. The Balaban J connectivity index is 0.933. The van der Waals surface area contributed by atoms with Gasteiger partial charge in [0, 0.05) is 48.7 Å². The van der Waals surface area contributed by atoms with Gasteiger partial charge in [-0.05, 0) is 84.6 Å². The van der Waals surface area contributed by atoms with Gasteiger partial charge in [-0.2, -0.15) is 0 Å². The summed E-state index contributed by atoms with van der Waals surface area (Å²) >= 11 is 0. The van der Waals surface area contributed by atoms with Gasteiger partial charge in [0.05, 0.1) is 25.5 Å². The molecule has 5 aromatic carbocycles. The van der Waals surface area contributed by atoms with Crippen molar-refractivity contribution < 1.29 is 28.9 Å². The van der Waals surface area contributed by atoms with E-state index in [0.29, 0.717) is 49.6 Å². The second-order valence-electron chi connectivity index (χ2n) is 14.3. The minimum absolute atomic E-state index is 0.0301. The summed E-state index contributed by atoms with van der Waals surface area (Å²) in [6, 6.07) is 41.8. The number of para-hydroxylation sites is 2. The van der Waals surface area contributed by atoms with Crippen LogP contribution in [0.25, 0.3) is 0 Å². The van der Waals surface area contributed by atoms with Crippen LogP contribution in [0.4, 0.5) is 21.9 Å². The van der Waals surface area contributed by atoms with Crippen molar-refractivity contribution in [2.75, 3.05) is 41.8 Å². The maximum Gasteiger partial charge on any atom is 0.323 e. The number of rotatable bonds is 10. The van der Waals surface area contributed by atoms with Crippen LogP contribution in [-0.4, -0.2) is 59.9 Å². The maximum absolute atomic E-state index is 13.3. The molecule has 0 radical (unpaired) electrons. The summed E-state index contributed by atoms with van der Waals surface area (Å²) in [4.78, 5) is 30.9. The van der Waals surface area contributed by atoms with E-state index in [4.69, 9.17) is 14.2 Å². The molecule has 3 saturated heterocycles. The molecule has 1 spiro atoms. The Labute approximate surface area is 320 Å². The second kappa shape index (κ2) is 16.3. The number of hydrogen-bond donors (Lipinski definition) is 4. The van der Waals surface area contributed by atoms with E-state index in [-0.39, 0.29) is 30.8 Å². The lowest BCUT2D eigenvalue weighted by atomic mass is 9.85. The molecular formula is C44H45N5O6. The molecule has 3 aliphatic rings. The van der Waals surface area contributed by atoms with Gasteiger partial charge in [-0.3, -0.25) is 4.79 Å². The van der Waals surface area contributed by atoms with Crippen LogP contribution >= 0.6 is 0 Å². The van der Waals surface area contributed by atoms with Gasteiger partial charge in [0.25, 0.3) is 0 Å². The molecule has 282 valence electrons. The molecule has 3 unspecified atom stereocenters. The molecule has 3 amide bonds. The highest BCUT2D eigenvalue weighted by atomic mass is 16.7. The van der Waals surface area contributed by atoms with Crippen LogP contribution in [0.5, 0.6) is 11.5 Å².